The Bertz CT molecular complexity index is 1200. The summed E-state index contributed by atoms with van der Waals surface area (Å²) in [4.78, 5) is 32.5. The van der Waals surface area contributed by atoms with E-state index in [1.807, 2.05) is 6.92 Å². The lowest BCUT2D eigenvalue weighted by atomic mass is 9.95. The van der Waals surface area contributed by atoms with E-state index in [0.717, 1.165) is 4.88 Å². The van der Waals surface area contributed by atoms with Crippen molar-refractivity contribution in [3.05, 3.63) is 81.6 Å². The van der Waals surface area contributed by atoms with E-state index in [-0.39, 0.29) is 22.0 Å². The van der Waals surface area contributed by atoms with Gasteiger partial charge >= 0.3 is 5.91 Å². The fourth-order valence-corrected chi connectivity index (χ4v) is 4.42. The van der Waals surface area contributed by atoms with Crippen molar-refractivity contribution in [2.45, 2.75) is 19.9 Å². The Hall–Kier alpha value is -3.52. The smallest absolute Gasteiger partial charge is 0.301 e. The predicted octanol–water partition coefficient (Wildman–Crippen LogP) is 4.53. The lowest BCUT2D eigenvalue weighted by molar-refractivity contribution is -0.132. The Morgan fingerprint density at radius 2 is 1.81 bits per heavy atom. The van der Waals surface area contributed by atoms with Crippen LogP contribution in [0.25, 0.3) is 5.76 Å². The first-order valence-corrected chi connectivity index (χ1v) is 10.3. The number of aromatic nitrogens is 1. The third-order valence-electron chi connectivity index (χ3n) is 5.23. The Balaban J connectivity index is 1.95. The number of ether oxygens (including phenoxy) is 1. The molecule has 31 heavy (non-hydrogen) atoms. The number of aliphatic hydroxyl groups excluding tert-OH is 1. The van der Waals surface area contributed by atoms with Gasteiger partial charge in [-0.05, 0) is 44.2 Å². The van der Waals surface area contributed by atoms with Gasteiger partial charge in [0.15, 0.2) is 5.13 Å². The van der Waals surface area contributed by atoms with E-state index in [2.05, 4.69) is 4.98 Å². The van der Waals surface area contributed by atoms with E-state index in [0.29, 0.717) is 17.0 Å². The van der Waals surface area contributed by atoms with Crippen molar-refractivity contribution in [1.29, 1.82) is 0 Å². The molecule has 1 saturated heterocycles. The number of rotatable bonds is 4. The van der Waals surface area contributed by atoms with Crippen LogP contribution in [-0.2, 0) is 9.59 Å². The van der Waals surface area contributed by atoms with Crippen molar-refractivity contribution in [2.24, 2.45) is 0 Å². The predicted molar refractivity (Wildman–Crippen MR) is 116 cm³/mol. The number of amides is 1. The summed E-state index contributed by atoms with van der Waals surface area (Å²) in [5.41, 5.74) is 0.934. The van der Waals surface area contributed by atoms with Crippen molar-refractivity contribution in [1.82, 2.24) is 4.98 Å². The lowest BCUT2D eigenvalue weighted by Gasteiger charge is -2.23. The van der Waals surface area contributed by atoms with Crippen LogP contribution in [0, 0.1) is 19.7 Å². The van der Waals surface area contributed by atoms with E-state index in [9.17, 15) is 19.1 Å². The van der Waals surface area contributed by atoms with E-state index in [4.69, 9.17) is 4.74 Å². The topological polar surface area (TPSA) is 79.7 Å². The van der Waals surface area contributed by atoms with Crippen molar-refractivity contribution in [3.63, 3.8) is 0 Å². The van der Waals surface area contributed by atoms with Gasteiger partial charge in [0, 0.05) is 16.0 Å². The zero-order chi connectivity index (χ0) is 22.3. The summed E-state index contributed by atoms with van der Waals surface area (Å²) in [6.07, 6.45) is 0. The quantitative estimate of drug-likeness (QED) is 0.368. The molecule has 6 nitrogen and oxygen atoms in total. The molecule has 0 aliphatic carbocycles. The molecule has 0 saturated carbocycles. The molecule has 1 atom stereocenters. The van der Waals surface area contributed by atoms with Crippen LogP contribution in [-0.4, -0.2) is 28.9 Å². The molecular weight excluding hydrogens is 419 g/mol. The number of aliphatic hydroxyl groups is 1. The zero-order valence-electron chi connectivity index (χ0n) is 17.0. The maximum atomic E-state index is 14.8. The molecule has 1 N–H and O–H groups in total. The van der Waals surface area contributed by atoms with E-state index in [1.54, 1.807) is 37.3 Å². The molecule has 0 radical (unpaired) electrons. The maximum absolute atomic E-state index is 14.8. The molecular formula is C23H19FN2O4S. The number of carbonyl (C=O) groups excluding carboxylic acids is 2. The number of ketones is 1. The molecule has 2 heterocycles. The highest BCUT2D eigenvalue weighted by Crippen LogP contribution is 2.44. The number of thiazole rings is 1. The molecule has 0 bridgehead atoms. The summed E-state index contributed by atoms with van der Waals surface area (Å²) in [5, 5.41) is 11.3. The number of hydrogen-bond donors (Lipinski definition) is 1. The molecule has 1 aromatic heterocycles. The first kappa shape index (κ1) is 20.7. The highest BCUT2D eigenvalue weighted by molar-refractivity contribution is 7.16. The van der Waals surface area contributed by atoms with E-state index in [1.165, 1.54) is 41.5 Å². The number of hydrogen-bond acceptors (Lipinski definition) is 6. The van der Waals surface area contributed by atoms with Gasteiger partial charge in [-0.1, -0.05) is 18.2 Å². The molecule has 1 aliphatic heterocycles. The van der Waals surface area contributed by atoms with Gasteiger partial charge in [-0.25, -0.2) is 9.37 Å². The number of methoxy groups -OCH3 is 1. The summed E-state index contributed by atoms with van der Waals surface area (Å²) in [6.45, 7) is 3.64. The Labute approximate surface area is 182 Å². The van der Waals surface area contributed by atoms with Crippen LogP contribution in [0.15, 0.2) is 54.1 Å². The molecule has 1 fully saturated rings. The fourth-order valence-electron chi connectivity index (χ4n) is 3.48. The molecule has 3 aromatic rings. The first-order chi connectivity index (χ1) is 14.8. The standard InChI is InChI=1S/C23H19FN2O4S/c1-12-13(2)31-23(25-12)26-19(16-6-4-5-7-17(16)24)18(21(28)22(26)29)20(27)14-8-10-15(30-3)11-9-14/h4-11,19,27H,1-3H3/t19-/m1/s1. The monoisotopic (exact) mass is 438 g/mol. The van der Waals surface area contributed by atoms with Crippen LogP contribution in [0.5, 0.6) is 5.75 Å². The average molecular weight is 438 g/mol. The number of carbonyl (C=O) groups is 2. The van der Waals surface area contributed by atoms with Crippen LogP contribution < -0.4 is 9.64 Å². The van der Waals surface area contributed by atoms with Gasteiger partial charge in [0.2, 0.25) is 0 Å². The van der Waals surface area contributed by atoms with Gasteiger partial charge in [-0.3, -0.25) is 14.5 Å². The van der Waals surface area contributed by atoms with Crippen molar-refractivity contribution >= 4 is 33.9 Å². The normalized spacial score (nSPS) is 17.9. The summed E-state index contributed by atoms with van der Waals surface area (Å²) in [7, 11) is 1.51. The number of Topliss-reactive ketones (excluding diaryl/α,β-unsaturated/α-hetero) is 1. The zero-order valence-corrected chi connectivity index (χ0v) is 17.9. The van der Waals surface area contributed by atoms with Gasteiger partial charge in [-0.15, -0.1) is 11.3 Å². The van der Waals surface area contributed by atoms with Gasteiger partial charge in [0.25, 0.3) is 5.78 Å². The summed E-state index contributed by atoms with van der Waals surface area (Å²) in [5.74, 6) is -2.17. The Kier molecular flexibility index (Phi) is 5.32. The molecule has 0 unspecified atom stereocenters. The van der Waals surface area contributed by atoms with Gasteiger partial charge in [0.1, 0.15) is 23.4 Å². The molecule has 2 aromatic carbocycles. The number of aryl methyl sites for hydroxylation is 2. The minimum absolute atomic E-state index is 0.0993. The molecule has 0 spiro atoms. The summed E-state index contributed by atoms with van der Waals surface area (Å²) >= 11 is 1.23. The van der Waals surface area contributed by atoms with Gasteiger partial charge < -0.3 is 9.84 Å². The van der Waals surface area contributed by atoms with Gasteiger partial charge in [-0.2, -0.15) is 0 Å². The SMILES string of the molecule is COc1ccc(C(O)=C2C(=O)C(=O)N(c3nc(C)c(C)s3)[C@@H]2c2ccccc2F)cc1. The van der Waals surface area contributed by atoms with Crippen LogP contribution >= 0.6 is 11.3 Å². The fraction of sp³-hybridized carbons (Fsp3) is 0.174. The van der Waals surface area contributed by atoms with Crippen LogP contribution in [0.2, 0.25) is 0 Å². The summed E-state index contributed by atoms with van der Waals surface area (Å²) in [6, 6.07) is 11.1. The molecule has 8 heteroatoms. The molecule has 1 amide bonds. The maximum Gasteiger partial charge on any atom is 0.301 e. The van der Waals surface area contributed by atoms with E-state index >= 15 is 0 Å². The molecule has 1 aliphatic rings. The van der Waals surface area contributed by atoms with Crippen LogP contribution in [0.1, 0.15) is 27.7 Å². The van der Waals surface area contributed by atoms with E-state index < -0.39 is 23.5 Å². The summed E-state index contributed by atoms with van der Waals surface area (Å²) < 4.78 is 19.9. The van der Waals surface area contributed by atoms with Crippen LogP contribution in [0.4, 0.5) is 9.52 Å². The second kappa shape index (κ2) is 7.96. The number of anilines is 1. The van der Waals surface area contributed by atoms with Crippen LogP contribution in [0.3, 0.4) is 0 Å². The largest absolute Gasteiger partial charge is 0.507 e. The second-order valence-electron chi connectivity index (χ2n) is 7.06. The highest BCUT2D eigenvalue weighted by atomic mass is 32.1. The van der Waals surface area contributed by atoms with Crippen molar-refractivity contribution in [3.8, 4) is 5.75 Å². The van der Waals surface area contributed by atoms with Crippen molar-refractivity contribution < 1.29 is 23.8 Å². The number of benzene rings is 2. The minimum atomic E-state index is -1.15. The average Bonchev–Trinajstić information content (AvgIpc) is 3.23. The van der Waals surface area contributed by atoms with Gasteiger partial charge in [0.05, 0.1) is 18.4 Å². The third-order valence-corrected chi connectivity index (χ3v) is 6.30. The Morgan fingerprint density at radius 3 is 2.39 bits per heavy atom. The first-order valence-electron chi connectivity index (χ1n) is 9.47. The molecule has 158 valence electrons. The Morgan fingerprint density at radius 1 is 1.13 bits per heavy atom. The molecule has 4 rings (SSSR count). The third kappa shape index (κ3) is 3.48. The minimum Gasteiger partial charge on any atom is -0.507 e. The number of halogens is 1. The lowest BCUT2D eigenvalue weighted by Crippen LogP contribution is -2.29. The van der Waals surface area contributed by atoms with Crippen molar-refractivity contribution in [2.75, 3.05) is 12.0 Å². The highest BCUT2D eigenvalue weighted by Gasteiger charge is 2.49. The number of nitrogens with zero attached hydrogens (tertiary/aromatic N) is 2. The second-order valence-corrected chi connectivity index (χ2v) is 8.24.